The molecule has 0 spiro atoms. The number of carbonyl (C=O) groups is 1. The molecule has 4 heteroatoms. The summed E-state index contributed by atoms with van der Waals surface area (Å²) in [6.45, 7) is 12.4. The van der Waals surface area contributed by atoms with Crippen molar-refractivity contribution in [2.75, 3.05) is 13.7 Å². The van der Waals surface area contributed by atoms with E-state index in [1.807, 2.05) is 0 Å². The van der Waals surface area contributed by atoms with E-state index in [-0.39, 0.29) is 5.97 Å². The molecule has 0 heterocycles. The van der Waals surface area contributed by atoms with Crippen molar-refractivity contribution >= 4 is 14.3 Å². The van der Waals surface area contributed by atoms with Gasteiger partial charge in [0.25, 0.3) is 0 Å². The number of hydrogen-bond acceptors (Lipinski definition) is 3. The number of ether oxygens (including phenoxy) is 1. The quantitative estimate of drug-likeness (QED) is 0.260. The van der Waals surface area contributed by atoms with E-state index in [9.17, 15) is 4.79 Å². The van der Waals surface area contributed by atoms with Crippen LogP contribution in [0.5, 0.6) is 0 Å². The predicted octanol–water partition coefficient (Wildman–Crippen LogP) is 4.30. The number of rotatable bonds is 10. The fourth-order valence-corrected chi connectivity index (χ4v) is 4.11. The van der Waals surface area contributed by atoms with Gasteiger partial charge in [-0.3, -0.25) is 0 Å². The Balaban J connectivity index is 4.26. The van der Waals surface area contributed by atoms with Gasteiger partial charge in [0.1, 0.15) is 0 Å². The second kappa shape index (κ2) is 9.32. The largest absolute Gasteiger partial charge is 0.462 e. The Kier molecular flexibility index (Phi) is 9.02. The predicted molar refractivity (Wildman–Crippen MR) is 82.8 cm³/mol. The summed E-state index contributed by atoms with van der Waals surface area (Å²) < 4.78 is 10.9. The van der Waals surface area contributed by atoms with Crippen LogP contribution in [0.4, 0.5) is 0 Å². The average molecular weight is 286 g/mol. The SMILES string of the molecule is C=C(C)C(=O)OCCC(CCCCC)[Si](C)(C)OC. The Morgan fingerprint density at radius 3 is 2.37 bits per heavy atom. The van der Waals surface area contributed by atoms with E-state index >= 15 is 0 Å². The third-order valence-electron chi connectivity index (χ3n) is 3.71. The van der Waals surface area contributed by atoms with Crippen molar-refractivity contribution in [2.45, 2.75) is 64.6 Å². The Morgan fingerprint density at radius 1 is 1.26 bits per heavy atom. The molecule has 0 aromatic carbocycles. The molecule has 0 aliphatic carbocycles. The monoisotopic (exact) mass is 286 g/mol. The van der Waals surface area contributed by atoms with Crippen LogP contribution in [-0.4, -0.2) is 28.0 Å². The molecule has 112 valence electrons. The van der Waals surface area contributed by atoms with Crippen molar-refractivity contribution < 1.29 is 14.0 Å². The molecule has 0 saturated carbocycles. The molecule has 1 atom stereocenters. The topological polar surface area (TPSA) is 35.5 Å². The molecule has 0 saturated heterocycles. The standard InChI is InChI=1S/C15H30O3Si/c1-7-8-9-10-14(19(5,6)17-4)11-12-18-15(16)13(2)3/h14H,2,7-12H2,1,3-6H3. The van der Waals surface area contributed by atoms with Crippen LogP contribution in [0, 0.1) is 0 Å². The minimum Gasteiger partial charge on any atom is -0.462 e. The molecule has 3 nitrogen and oxygen atoms in total. The van der Waals surface area contributed by atoms with E-state index in [1.54, 1.807) is 14.0 Å². The molecule has 0 rings (SSSR count). The van der Waals surface area contributed by atoms with Gasteiger partial charge in [-0.2, -0.15) is 0 Å². The van der Waals surface area contributed by atoms with E-state index in [0.29, 0.717) is 17.7 Å². The van der Waals surface area contributed by atoms with Crippen molar-refractivity contribution in [3.8, 4) is 0 Å². The zero-order chi connectivity index (χ0) is 14.9. The summed E-state index contributed by atoms with van der Waals surface area (Å²) >= 11 is 0. The molecule has 0 aromatic heterocycles. The number of carbonyl (C=O) groups excluding carboxylic acids is 1. The first-order chi connectivity index (χ1) is 8.85. The Labute approximate surface area is 119 Å². The molecular weight excluding hydrogens is 256 g/mol. The molecule has 1 unspecified atom stereocenters. The van der Waals surface area contributed by atoms with Crippen LogP contribution in [-0.2, 0) is 14.0 Å². The maximum Gasteiger partial charge on any atom is 0.333 e. The summed E-state index contributed by atoms with van der Waals surface area (Å²) in [5, 5.41) is 0. The number of hydrogen-bond donors (Lipinski definition) is 0. The first-order valence-electron chi connectivity index (χ1n) is 7.23. The summed E-state index contributed by atoms with van der Waals surface area (Å²) in [5.74, 6) is -0.288. The highest BCUT2D eigenvalue weighted by Crippen LogP contribution is 2.31. The van der Waals surface area contributed by atoms with Gasteiger partial charge in [0.15, 0.2) is 8.32 Å². The number of unbranched alkanes of at least 4 members (excludes halogenated alkanes) is 2. The minimum atomic E-state index is -1.67. The van der Waals surface area contributed by atoms with E-state index in [2.05, 4.69) is 26.6 Å². The maximum atomic E-state index is 11.4. The molecule has 0 fully saturated rings. The first kappa shape index (κ1) is 18.4. The normalized spacial score (nSPS) is 13.1. The fraction of sp³-hybridized carbons (Fsp3) is 0.800. The van der Waals surface area contributed by atoms with Crippen molar-refractivity contribution in [1.29, 1.82) is 0 Å². The van der Waals surface area contributed by atoms with Gasteiger partial charge in [0.2, 0.25) is 0 Å². The van der Waals surface area contributed by atoms with Crippen molar-refractivity contribution in [1.82, 2.24) is 0 Å². The molecular formula is C15H30O3Si. The van der Waals surface area contributed by atoms with Crippen LogP contribution in [0.25, 0.3) is 0 Å². The highest BCUT2D eigenvalue weighted by molar-refractivity contribution is 6.72. The molecule has 0 aliphatic heterocycles. The van der Waals surface area contributed by atoms with Crippen molar-refractivity contribution in [3.05, 3.63) is 12.2 Å². The summed E-state index contributed by atoms with van der Waals surface area (Å²) in [5.41, 5.74) is 1.01. The molecule has 0 N–H and O–H groups in total. The van der Waals surface area contributed by atoms with Crippen molar-refractivity contribution in [3.63, 3.8) is 0 Å². The summed E-state index contributed by atoms with van der Waals surface area (Å²) in [7, 11) is 0.135. The second-order valence-electron chi connectivity index (χ2n) is 5.71. The smallest absolute Gasteiger partial charge is 0.333 e. The van der Waals surface area contributed by atoms with Gasteiger partial charge in [-0.15, -0.1) is 0 Å². The zero-order valence-electron chi connectivity index (χ0n) is 13.3. The first-order valence-corrected chi connectivity index (χ1v) is 10.2. The molecule has 0 aliphatic rings. The highest BCUT2D eigenvalue weighted by Gasteiger charge is 2.32. The minimum absolute atomic E-state index is 0.288. The van der Waals surface area contributed by atoms with Gasteiger partial charge in [-0.05, 0) is 32.0 Å². The molecule has 0 radical (unpaired) electrons. The molecule has 19 heavy (non-hydrogen) atoms. The summed E-state index contributed by atoms with van der Waals surface area (Å²) in [6, 6.07) is 0. The Bertz CT molecular complexity index is 287. The molecule has 0 bridgehead atoms. The van der Waals surface area contributed by atoms with E-state index in [4.69, 9.17) is 9.16 Å². The second-order valence-corrected chi connectivity index (χ2v) is 10.1. The number of esters is 1. The lowest BCUT2D eigenvalue weighted by molar-refractivity contribution is -0.139. The van der Waals surface area contributed by atoms with Crippen LogP contribution >= 0.6 is 0 Å². The molecule has 0 aromatic rings. The van der Waals surface area contributed by atoms with Gasteiger partial charge in [-0.1, -0.05) is 39.2 Å². The third kappa shape index (κ3) is 7.53. The van der Waals surface area contributed by atoms with Gasteiger partial charge in [0, 0.05) is 12.7 Å². The van der Waals surface area contributed by atoms with Crippen LogP contribution in [0.15, 0.2) is 12.2 Å². The lowest BCUT2D eigenvalue weighted by atomic mass is 10.1. The fourth-order valence-electron chi connectivity index (χ4n) is 2.06. The van der Waals surface area contributed by atoms with Crippen LogP contribution in [0.2, 0.25) is 18.6 Å². The Morgan fingerprint density at radius 2 is 1.89 bits per heavy atom. The van der Waals surface area contributed by atoms with Crippen LogP contribution in [0.3, 0.4) is 0 Å². The highest BCUT2D eigenvalue weighted by atomic mass is 28.4. The summed E-state index contributed by atoms with van der Waals surface area (Å²) in [4.78, 5) is 11.4. The van der Waals surface area contributed by atoms with Gasteiger partial charge in [-0.25, -0.2) is 4.79 Å². The molecule has 0 amide bonds. The van der Waals surface area contributed by atoms with E-state index in [1.165, 1.54) is 25.7 Å². The Hall–Kier alpha value is -0.613. The van der Waals surface area contributed by atoms with Crippen molar-refractivity contribution in [2.24, 2.45) is 0 Å². The van der Waals surface area contributed by atoms with Gasteiger partial charge >= 0.3 is 5.97 Å². The van der Waals surface area contributed by atoms with Gasteiger partial charge < -0.3 is 9.16 Å². The van der Waals surface area contributed by atoms with Crippen LogP contribution in [0.1, 0.15) is 46.0 Å². The lowest BCUT2D eigenvalue weighted by Crippen LogP contribution is -2.36. The average Bonchev–Trinajstić information content (AvgIpc) is 2.36. The zero-order valence-corrected chi connectivity index (χ0v) is 14.3. The third-order valence-corrected chi connectivity index (χ3v) is 7.31. The van der Waals surface area contributed by atoms with Crippen LogP contribution < -0.4 is 0 Å². The van der Waals surface area contributed by atoms with E-state index in [0.717, 1.165) is 6.42 Å². The summed E-state index contributed by atoms with van der Waals surface area (Å²) in [6.07, 6.45) is 5.79. The lowest BCUT2D eigenvalue weighted by Gasteiger charge is -2.30. The van der Waals surface area contributed by atoms with E-state index < -0.39 is 8.32 Å². The van der Waals surface area contributed by atoms with Gasteiger partial charge in [0.05, 0.1) is 6.61 Å². The maximum absolute atomic E-state index is 11.4.